The van der Waals surface area contributed by atoms with Crippen LogP contribution in [0.2, 0.25) is 0 Å². The third-order valence-corrected chi connectivity index (χ3v) is 21.1. The van der Waals surface area contributed by atoms with Crippen molar-refractivity contribution in [3.63, 3.8) is 0 Å². The summed E-state index contributed by atoms with van der Waals surface area (Å²) in [5.41, 5.74) is 0. The first kappa shape index (κ1) is 99.1. The first-order chi connectivity index (χ1) is 48.9. The Balaban J connectivity index is 5.26. The third-order valence-electron chi connectivity index (χ3n) is 19.2. The highest BCUT2D eigenvalue weighted by Gasteiger charge is 2.30. The number of hydrogen-bond acceptors (Lipinski definition) is 15. The number of ether oxygens (including phenoxy) is 4. The summed E-state index contributed by atoms with van der Waals surface area (Å²) in [6.45, 7) is 9.64. The SMILES string of the molecule is CCCCCCCCCCCCCCCCCCCCC(=O)O[C@H](COC(=O)CCCCCCCCCCCCCCCCCC)COP(=O)(O)OC[C@@H](O)COP(=O)(O)OC[C@@H](COC(=O)CCCCCCCCCCCC(C)C)OC(=O)CCCCCCCCCCCCCCC(C)C. The molecule has 2 unspecified atom stereocenters. The second kappa shape index (κ2) is 73.6. The molecule has 0 aromatic carbocycles. The van der Waals surface area contributed by atoms with E-state index in [1.165, 1.54) is 250 Å². The van der Waals surface area contributed by atoms with Gasteiger partial charge in [0.25, 0.3) is 0 Å². The van der Waals surface area contributed by atoms with Gasteiger partial charge >= 0.3 is 39.5 Å². The summed E-state index contributed by atoms with van der Waals surface area (Å²) >= 11 is 0. The van der Waals surface area contributed by atoms with Crippen LogP contribution in [0.15, 0.2) is 0 Å². The Labute approximate surface area is 619 Å². The number of hydrogen-bond donors (Lipinski definition) is 3. The smallest absolute Gasteiger partial charge is 0.462 e. The Hall–Kier alpha value is -1.94. The Kier molecular flexibility index (Phi) is 72.2. The summed E-state index contributed by atoms with van der Waals surface area (Å²) < 4.78 is 68.8. The number of rotatable bonds is 81. The van der Waals surface area contributed by atoms with E-state index in [1.807, 2.05) is 0 Å². The molecule has 0 saturated carbocycles. The zero-order chi connectivity index (χ0) is 74.2. The molecule has 0 amide bonds. The number of carbonyl (C=O) groups excluding carboxylic acids is 4. The van der Waals surface area contributed by atoms with Crippen LogP contribution < -0.4 is 0 Å². The normalized spacial score (nSPS) is 13.9. The standard InChI is InChI=1S/C82H160O17P2/c1-7-9-11-13-15-17-19-21-23-25-26-28-30-35-41-48-54-60-66-81(86)98-77(70-92-79(84)64-58-52-46-40-34-29-27-24-22-20-18-16-14-12-10-8-2)72-96-100(88,89)94-68-76(83)69-95-101(90,91)97-73-78(71-93-80(85)65-59-53-47-43-37-39-45-51-57-63-75(5)6)99-82(87)67-61-55-49-42-36-32-31-33-38-44-50-56-62-74(3)4/h74-78,83H,7-73H2,1-6H3,(H,88,89)(H,90,91)/t76-,77-,78-/m1/s1. The summed E-state index contributed by atoms with van der Waals surface area (Å²) in [5.74, 6) is -0.585. The van der Waals surface area contributed by atoms with Crippen LogP contribution in [-0.2, 0) is 65.4 Å². The molecule has 17 nitrogen and oxygen atoms in total. The van der Waals surface area contributed by atoms with Crippen molar-refractivity contribution in [3.05, 3.63) is 0 Å². The van der Waals surface area contributed by atoms with E-state index >= 15 is 0 Å². The fourth-order valence-electron chi connectivity index (χ4n) is 12.7. The molecule has 0 heterocycles. The first-order valence-corrected chi connectivity index (χ1v) is 45.5. The highest BCUT2D eigenvalue weighted by atomic mass is 31.2. The molecule has 0 aliphatic carbocycles. The average Bonchev–Trinajstić information content (AvgIpc) is 1.07. The van der Waals surface area contributed by atoms with Crippen LogP contribution >= 0.6 is 15.6 Å². The van der Waals surface area contributed by atoms with Crippen LogP contribution in [0.1, 0.15) is 433 Å². The van der Waals surface area contributed by atoms with Gasteiger partial charge in [0, 0.05) is 25.7 Å². The van der Waals surface area contributed by atoms with Gasteiger partial charge in [-0.25, -0.2) is 9.13 Å². The lowest BCUT2D eigenvalue weighted by Gasteiger charge is -2.21. The van der Waals surface area contributed by atoms with Gasteiger partial charge in [-0.3, -0.25) is 37.3 Å². The number of esters is 4. The van der Waals surface area contributed by atoms with Crippen LogP contribution in [-0.4, -0.2) is 96.7 Å². The molecule has 101 heavy (non-hydrogen) atoms. The Morgan fingerprint density at radius 3 is 0.673 bits per heavy atom. The first-order valence-electron chi connectivity index (χ1n) is 42.5. The predicted molar refractivity (Wildman–Crippen MR) is 414 cm³/mol. The van der Waals surface area contributed by atoms with Gasteiger partial charge in [0.1, 0.15) is 19.3 Å². The molecule has 0 radical (unpaired) electrons. The topological polar surface area (TPSA) is 237 Å². The van der Waals surface area contributed by atoms with E-state index in [0.29, 0.717) is 25.7 Å². The van der Waals surface area contributed by atoms with Gasteiger partial charge in [-0.05, 0) is 37.5 Å². The molecule has 0 fully saturated rings. The lowest BCUT2D eigenvalue weighted by molar-refractivity contribution is -0.161. The van der Waals surface area contributed by atoms with Crippen molar-refractivity contribution in [2.75, 3.05) is 39.6 Å². The van der Waals surface area contributed by atoms with Gasteiger partial charge in [0.2, 0.25) is 0 Å². The van der Waals surface area contributed by atoms with E-state index < -0.39 is 97.5 Å². The van der Waals surface area contributed by atoms with Crippen LogP contribution in [0, 0.1) is 11.8 Å². The molecule has 0 aromatic rings. The van der Waals surface area contributed by atoms with Crippen molar-refractivity contribution >= 4 is 39.5 Å². The minimum absolute atomic E-state index is 0.107. The average molecular weight is 1480 g/mol. The number of unbranched alkanes of at least 4 members (excludes halogenated alkanes) is 51. The zero-order valence-corrected chi connectivity index (χ0v) is 68.0. The summed E-state index contributed by atoms with van der Waals surface area (Å²) in [4.78, 5) is 73.1. The largest absolute Gasteiger partial charge is 0.472 e. The molecule has 0 rings (SSSR count). The highest BCUT2D eigenvalue weighted by Crippen LogP contribution is 2.45. The number of aliphatic hydroxyl groups is 1. The van der Waals surface area contributed by atoms with Crippen LogP contribution in [0.5, 0.6) is 0 Å². The van der Waals surface area contributed by atoms with Gasteiger partial charge in [-0.15, -0.1) is 0 Å². The molecule has 5 atom stereocenters. The van der Waals surface area contributed by atoms with Crippen molar-refractivity contribution in [1.29, 1.82) is 0 Å². The minimum Gasteiger partial charge on any atom is -0.462 e. The fourth-order valence-corrected chi connectivity index (χ4v) is 14.3. The number of carbonyl (C=O) groups is 4. The third kappa shape index (κ3) is 76.1. The maximum absolute atomic E-state index is 13.1. The summed E-state index contributed by atoms with van der Waals surface area (Å²) in [7, 11) is -9.92. The van der Waals surface area contributed by atoms with E-state index in [2.05, 4.69) is 41.5 Å². The fraction of sp³-hybridized carbons (Fsp3) is 0.951. The van der Waals surface area contributed by atoms with Gasteiger partial charge in [0.15, 0.2) is 12.2 Å². The Morgan fingerprint density at radius 2 is 0.455 bits per heavy atom. The van der Waals surface area contributed by atoms with Crippen LogP contribution in [0.25, 0.3) is 0 Å². The van der Waals surface area contributed by atoms with E-state index in [4.69, 9.17) is 37.0 Å². The Morgan fingerprint density at radius 1 is 0.267 bits per heavy atom. The summed E-state index contributed by atoms with van der Waals surface area (Å²) in [6.07, 6.45) is 63.8. The molecule has 0 saturated heterocycles. The molecule has 0 bridgehead atoms. The molecule has 0 aliphatic heterocycles. The summed E-state index contributed by atoms with van der Waals surface area (Å²) in [6, 6.07) is 0. The maximum atomic E-state index is 13.1. The molecule has 3 N–H and O–H groups in total. The van der Waals surface area contributed by atoms with Crippen molar-refractivity contribution in [1.82, 2.24) is 0 Å². The number of phosphoric acid groups is 2. The van der Waals surface area contributed by atoms with E-state index in [1.54, 1.807) is 0 Å². The van der Waals surface area contributed by atoms with Crippen molar-refractivity contribution in [2.45, 2.75) is 452 Å². The second-order valence-corrected chi connectivity index (χ2v) is 33.4. The van der Waals surface area contributed by atoms with Crippen molar-refractivity contribution in [2.24, 2.45) is 11.8 Å². The molecule has 600 valence electrons. The molecule has 0 aromatic heterocycles. The second-order valence-electron chi connectivity index (χ2n) is 30.5. The van der Waals surface area contributed by atoms with Gasteiger partial charge < -0.3 is 33.8 Å². The number of phosphoric ester groups is 2. The van der Waals surface area contributed by atoms with Crippen molar-refractivity contribution < 1.29 is 80.2 Å². The van der Waals surface area contributed by atoms with E-state index in [-0.39, 0.29) is 25.7 Å². The maximum Gasteiger partial charge on any atom is 0.472 e. The Bertz CT molecular complexity index is 1940. The van der Waals surface area contributed by atoms with Crippen LogP contribution in [0.3, 0.4) is 0 Å². The van der Waals surface area contributed by atoms with Crippen molar-refractivity contribution in [3.8, 4) is 0 Å². The lowest BCUT2D eigenvalue weighted by Crippen LogP contribution is -2.30. The number of aliphatic hydroxyl groups excluding tert-OH is 1. The minimum atomic E-state index is -4.96. The molecule has 19 heteroatoms. The molecular formula is C82H160O17P2. The quantitative estimate of drug-likeness (QED) is 0.0222. The van der Waals surface area contributed by atoms with E-state index in [0.717, 1.165) is 102 Å². The van der Waals surface area contributed by atoms with E-state index in [9.17, 15) is 43.2 Å². The monoisotopic (exact) mass is 1480 g/mol. The molecular weight excluding hydrogens is 1320 g/mol. The predicted octanol–water partition coefficient (Wildman–Crippen LogP) is 24.7. The van der Waals surface area contributed by atoms with Gasteiger partial charge in [-0.1, -0.05) is 382 Å². The highest BCUT2D eigenvalue weighted by molar-refractivity contribution is 7.47. The summed E-state index contributed by atoms with van der Waals surface area (Å²) in [5, 5.41) is 10.7. The molecule has 0 aliphatic rings. The molecule has 0 spiro atoms. The lowest BCUT2D eigenvalue weighted by atomic mass is 10.0. The zero-order valence-electron chi connectivity index (χ0n) is 66.2. The van der Waals surface area contributed by atoms with Gasteiger partial charge in [0.05, 0.1) is 26.4 Å². The van der Waals surface area contributed by atoms with Gasteiger partial charge in [-0.2, -0.15) is 0 Å². The van der Waals surface area contributed by atoms with Crippen LogP contribution in [0.4, 0.5) is 0 Å².